The number of hydrogen-bond acceptors (Lipinski definition) is 5. The maximum Gasteiger partial charge on any atom is 0.340 e. The highest BCUT2D eigenvalue weighted by Crippen LogP contribution is 2.22. The standard InChI is InChI=1S/C16H12BrFN2O5/c1-9(25-16(22)11-4-2-3-5-12(11)17)15(21)19-10-6-7-13(18)14(8-10)20(23)24/h2-9H,1H3,(H,19,21)/t9-/m0/s1. The van der Waals surface area contributed by atoms with Crippen LogP contribution in [0.2, 0.25) is 0 Å². The second kappa shape index (κ2) is 7.84. The van der Waals surface area contributed by atoms with Gasteiger partial charge in [0, 0.05) is 16.2 Å². The van der Waals surface area contributed by atoms with Gasteiger partial charge in [-0.25, -0.2) is 4.79 Å². The molecule has 0 unspecified atom stereocenters. The van der Waals surface area contributed by atoms with E-state index in [1.807, 2.05) is 0 Å². The molecule has 0 fully saturated rings. The molecule has 2 aromatic rings. The number of amides is 1. The Bertz CT molecular complexity index is 843. The van der Waals surface area contributed by atoms with Gasteiger partial charge in [-0.1, -0.05) is 12.1 Å². The summed E-state index contributed by atoms with van der Waals surface area (Å²) in [6, 6.07) is 9.46. The Labute approximate surface area is 150 Å². The first-order valence-corrected chi connectivity index (χ1v) is 7.79. The summed E-state index contributed by atoms with van der Waals surface area (Å²) in [6.07, 6.45) is -1.16. The summed E-state index contributed by atoms with van der Waals surface area (Å²) < 4.78 is 18.9. The highest BCUT2D eigenvalue weighted by atomic mass is 79.9. The van der Waals surface area contributed by atoms with Gasteiger partial charge in [0.2, 0.25) is 5.82 Å². The molecule has 0 spiro atoms. The van der Waals surface area contributed by atoms with E-state index in [0.717, 1.165) is 12.1 Å². The molecule has 25 heavy (non-hydrogen) atoms. The van der Waals surface area contributed by atoms with Crippen LogP contribution in [0.15, 0.2) is 46.9 Å². The van der Waals surface area contributed by atoms with Crippen LogP contribution in [0.5, 0.6) is 0 Å². The second-order valence-corrected chi connectivity index (χ2v) is 5.79. The number of anilines is 1. The number of nitro groups is 1. The summed E-state index contributed by atoms with van der Waals surface area (Å²) in [4.78, 5) is 33.9. The van der Waals surface area contributed by atoms with Gasteiger partial charge >= 0.3 is 11.7 Å². The second-order valence-electron chi connectivity index (χ2n) is 4.94. The third-order valence-electron chi connectivity index (χ3n) is 3.16. The fourth-order valence-electron chi connectivity index (χ4n) is 1.88. The Morgan fingerprint density at radius 2 is 1.96 bits per heavy atom. The van der Waals surface area contributed by atoms with Gasteiger partial charge in [0.15, 0.2) is 6.10 Å². The van der Waals surface area contributed by atoms with Gasteiger partial charge in [-0.05, 0) is 47.1 Å². The van der Waals surface area contributed by atoms with Gasteiger partial charge in [0.05, 0.1) is 10.5 Å². The van der Waals surface area contributed by atoms with Crippen molar-refractivity contribution < 1.29 is 23.6 Å². The predicted octanol–water partition coefficient (Wildman–Crippen LogP) is 3.68. The highest BCUT2D eigenvalue weighted by Gasteiger charge is 2.22. The van der Waals surface area contributed by atoms with Crippen LogP contribution in [0.4, 0.5) is 15.8 Å². The van der Waals surface area contributed by atoms with Crippen molar-refractivity contribution in [1.82, 2.24) is 0 Å². The van der Waals surface area contributed by atoms with Crippen molar-refractivity contribution in [3.05, 3.63) is 68.4 Å². The van der Waals surface area contributed by atoms with Crippen LogP contribution in [0.1, 0.15) is 17.3 Å². The first-order chi connectivity index (χ1) is 11.8. The zero-order valence-corrected chi connectivity index (χ0v) is 14.4. The minimum Gasteiger partial charge on any atom is -0.449 e. The van der Waals surface area contributed by atoms with Gasteiger partial charge in [0.1, 0.15) is 0 Å². The summed E-state index contributed by atoms with van der Waals surface area (Å²) in [7, 11) is 0. The van der Waals surface area contributed by atoms with Crippen molar-refractivity contribution >= 4 is 39.2 Å². The number of benzene rings is 2. The molecular weight excluding hydrogens is 399 g/mol. The molecule has 9 heteroatoms. The van der Waals surface area contributed by atoms with Crippen LogP contribution < -0.4 is 5.32 Å². The fourth-order valence-corrected chi connectivity index (χ4v) is 2.33. The lowest BCUT2D eigenvalue weighted by atomic mass is 10.2. The number of nitro benzene ring substituents is 1. The van der Waals surface area contributed by atoms with Crippen molar-refractivity contribution in [3.63, 3.8) is 0 Å². The topological polar surface area (TPSA) is 98.5 Å². The average Bonchev–Trinajstić information content (AvgIpc) is 2.56. The van der Waals surface area contributed by atoms with E-state index in [9.17, 15) is 24.1 Å². The molecule has 0 radical (unpaired) electrons. The Hall–Kier alpha value is -2.81. The zero-order valence-electron chi connectivity index (χ0n) is 12.9. The lowest BCUT2D eigenvalue weighted by Crippen LogP contribution is -2.30. The van der Waals surface area contributed by atoms with E-state index in [4.69, 9.17) is 4.74 Å². The number of esters is 1. The predicted molar refractivity (Wildman–Crippen MR) is 90.7 cm³/mol. The third-order valence-corrected chi connectivity index (χ3v) is 3.85. The number of halogens is 2. The average molecular weight is 411 g/mol. The quantitative estimate of drug-likeness (QED) is 0.460. The van der Waals surface area contributed by atoms with E-state index in [-0.39, 0.29) is 11.3 Å². The van der Waals surface area contributed by atoms with Crippen LogP contribution in [0, 0.1) is 15.9 Å². The fraction of sp³-hybridized carbons (Fsp3) is 0.125. The molecule has 0 bridgehead atoms. The third kappa shape index (κ3) is 4.60. The SMILES string of the molecule is C[C@H](OC(=O)c1ccccc1Br)C(=O)Nc1ccc(F)c([N+](=O)[O-])c1. The molecular formula is C16H12BrFN2O5. The highest BCUT2D eigenvalue weighted by molar-refractivity contribution is 9.10. The van der Waals surface area contributed by atoms with Crippen molar-refractivity contribution in [1.29, 1.82) is 0 Å². The van der Waals surface area contributed by atoms with Crippen LogP contribution >= 0.6 is 15.9 Å². The van der Waals surface area contributed by atoms with E-state index in [0.29, 0.717) is 4.47 Å². The van der Waals surface area contributed by atoms with E-state index in [1.54, 1.807) is 18.2 Å². The van der Waals surface area contributed by atoms with Crippen LogP contribution in [-0.4, -0.2) is 22.9 Å². The molecule has 1 N–H and O–H groups in total. The Balaban J connectivity index is 2.06. The number of ether oxygens (including phenoxy) is 1. The smallest absolute Gasteiger partial charge is 0.340 e. The van der Waals surface area contributed by atoms with Crippen LogP contribution in [0.25, 0.3) is 0 Å². The zero-order chi connectivity index (χ0) is 18.6. The summed E-state index contributed by atoms with van der Waals surface area (Å²) in [5, 5.41) is 13.0. The van der Waals surface area contributed by atoms with Gasteiger partial charge < -0.3 is 10.1 Å². The molecule has 0 saturated carbocycles. The lowest BCUT2D eigenvalue weighted by Gasteiger charge is -2.14. The molecule has 1 atom stereocenters. The molecule has 1 amide bonds. The minimum atomic E-state index is -1.16. The van der Waals surface area contributed by atoms with Crippen molar-refractivity contribution in [2.45, 2.75) is 13.0 Å². The molecule has 2 aromatic carbocycles. The molecule has 0 heterocycles. The minimum absolute atomic E-state index is 0.0156. The Kier molecular flexibility index (Phi) is 5.81. The summed E-state index contributed by atoms with van der Waals surface area (Å²) >= 11 is 3.21. The van der Waals surface area contributed by atoms with Crippen molar-refractivity contribution in [2.75, 3.05) is 5.32 Å². The molecule has 0 saturated heterocycles. The Morgan fingerprint density at radius 1 is 1.28 bits per heavy atom. The monoisotopic (exact) mass is 410 g/mol. The van der Waals surface area contributed by atoms with Gasteiger partial charge in [-0.2, -0.15) is 4.39 Å². The number of rotatable bonds is 5. The number of nitrogens with one attached hydrogen (secondary N) is 1. The van der Waals surface area contributed by atoms with Crippen molar-refractivity contribution in [3.8, 4) is 0 Å². The van der Waals surface area contributed by atoms with Gasteiger partial charge in [-0.3, -0.25) is 14.9 Å². The number of nitrogens with zero attached hydrogens (tertiary/aromatic N) is 1. The van der Waals surface area contributed by atoms with Crippen LogP contribution in [0.3, 0.4) is 0 Å². The molecule has 7 nitrogen and oxygen atoms in total. The first-order valence-electron chi connectivity index (χ1n) is 7.00. The molecule has 0 aromatic heterocycles. The summed E-state index contributed by atoms with van der Waals surface area (Å²) in [5.74, 6) is -2.43. The Morgan fingerprint density at radius 3 is 2.60 bits per heavy atom. The van der Waals surface area contributed by atoms with Gasteiger partial charge in [0.25, 0.3) is 5.91 Å². The molecule has 2 rings (SSSR count). The van der Waals surface area contributed by atoms with E-state index < -0.39 is 34.4 Å². The van der Waals surface area contributed by atoms with E-state index in [2.05, 4.69) is 21.2 Å². The van der Waals surface area contributed by atoms with Gasteiger partial charge in [-0.15, -0.1) is 0 Å². The molecule has 0 aliphatic rings. The molecule has 0 aliphatic heterocycles. The number of carbonyl (C=O) groups is 2. The molecule has 0 aliphatic carbocycles. The normalized spacial score (nSPS) is 11.5. The maximum absolute atomic E-state index is 13.3. The number of hydrogen-bond donors (Lipinski definition) is 1. The number of carbonyl (C=O) groups excluding carboxylic acids is 2. The van der Waals surface area contributed by atoms with Crippen molar-refractivity contribution in [2.24, 2.45) is 0 Å². The van der Waals surface area contributed by atoms with E-state index in [1.165, 1.54) is 19.1 Å². The first kappa shape index (κ1) is 18.5. The molecule has 130 valence electrons. The summed E-state index contributed by atoms with van der Waals surface area (Å²) in [5.41, 5.74) is -0.503. The van der Waals surface area contributed by atoms with Crippen LogP contribution in [-0.2, 0) is 9.53 Å². The largest absolute Gasteiger partial charge is 0.449 e. The summed E-state index contributed by atoms with van der Waals surface area (Å²) in [6.45, 7) is 1.35. The lowest BCUT2D eigenvalue weighted by molar-refractivity contribution is -0.387. The van der Waals surface area contributed by atoms with E-state index >= 15 is 0 Å². The maximum atomic E-state index is 13.3.